The normalized spacial score (nSPS) is 21.5. The van der Waals surface area contributed by atoms with Crippen molar-refractivity contribution < 1.29 is 27.9 Å². The number of amides is 1. The molecule has 166 valence electrons. The maximum Gasteiger partial charge on any atom is 0.420 e. The van der Waals surface area contributed by atoms with Crippen LogP contribution in [-0.2, 0) is 12.7 Å². The Hall–Kier alpha value is -2.30. The first kappa shape index (κ1) is 21.9. The summed E-state index contributed by atoms with van der Waals surface area (Å²) in [6.07, 6.45) is -4.48. The van der Waals surface area contributed by atoms with Gasteiger partial charge in [-0.25, -0.2) is 9.59 Å². The van der Waals surface area contributed by atoms with Gasteiger partial charge in [0.25, 0.3) is 0 Å². The number of aromatic nitrogens is 2. The van der Waals surface area contributed by atoms with E-state index >= 15 is 0 Å². The quantitative estimate of drug-likeness (QED) is 0.725. The number of carboxylic acid groups (broad SMARTS) is 1. The first-order valence-electron chi connectivity index (χ1n) is 9.38. The highest BCUT2D eigenvalue weighted by Crippen LogP contribution is 2.35. The van der Waals surface area contributed by atoms with Crippen LogP contribution in [0.25, 0.3) is 0 Å². The molecule has 7 nitrogen and oxygen atoms in total. The molecule has 31 heavy (non-hydrogen) atoms. The summed E-state index contributed by atoms with van der Waals surface area (Å²) in [6, 6.07) is 4.49. The number of benzene rings is 1. The number of hydrogen-bond donors (Lipinski definition) is 1. The number of fused-ring (bicyclic) bond motifs is 1. The van der Waals surface area contributed by atoms with Crippen molar-refractivity contribution >= 4 is 35.2 Å². The molecule has 1 N–H and O–H groups in total. The van der Waals surface area contributed by atoms with E-state index in [1.54, 1.807) is 12.1 Å². The Labute approximate surface area is 184 Å². The molecule has 4 rings (SSSR count). The van der Waals surface area contributed by atoms with Gasteiger partial charge in [-0.05, 0) is 35.6 Å². The Balaban J connectivity index is 1.42. The number of halogens is 5. The maximum absolute atomic E-state index is 13.1. The average molecular weight is 477 g/mol. The molecular weight excluding hydrogens is 460 g/mol. The largest absolute Gasteiger partial charge is 0.476 e. The zero-order valence-electron chi connectivity index (χ0n) is 15.9. The lowest BCUT2D eigenvalue weighted by molar-refractivity contribution is -0.138. The molecular formula is C19H17Cl2F3N4O3. The third-order valence-corrected chi connectivity index (χ3v) is 6.26. The highest BCUT2D eigenvalue weighted by Gasteiger charge is 2.43. The fourth-order valence-electron chi connectivity index (χ4n) is 4.26. The molecule has 0 aliphatic carbocycles. The summed E-state index contributed by atoms with van der Waals surface area (Å²) < 4.78 is 39.7. The van der Waals surface area contributed by atoms with E-state index in [4.69, 9.17) is 28.3 Å². The molecule has 2 saturated heterocycles. The SMILES string of the molecule is O=C(O)c1nn(C(=O)N2CC3CN(Cc4cc(Cl)ccc4Cl)CC3C2)cc1C(F)(F)F. The van der Waals surface area contributed by atoms with Crippen molar-refractivity contribution in [3.63, 3.8) is 0 Å². The molecule has 1 aromatic heterocycles. The predicted octanol–water partition coefficient (Wildman–Crippen LogP) is 3.94. The fourth-order valence-corrected chi connectivity index (χ4v) is 4.64. The zero-order valence-corrected chi connectivity index (χ0v) is 17.5. The molecule has 2 aliphatic heterocycles. The average Bonchev–Trinajstić information content (AvgIpc) is 3.36. The van der Waals surface area contributed by atoms with Gasteiger partial charge in [0.1, 0.15) is 5.56 Å². The zero-order chi connectivity index (χ0) is 22.5. The van der Waals surface area contributed by atoms with Crippen LogP contribution in [0.3, 0.4) is 0 Å². The minimum atomic E-state index is -4.92. The molecule has 2 atom stereocenters. The van der Waals surface area contributed by atoms with Gasteiger partial charge >= 0.3 is 18.2 Å². The monoisotopic (exact) mass is 476 g/mol. The number of nitrogens with zero attached hydrogens (tertiary/aromatic N) is 4. The fraction of sp³-hybridized carbons (Fsp3) is 0.421. The summed E-state index contributed by atoms with van der Waals surface area (Å²) in [7, 11) is 0. The second-order valence-corrected chi connectivity index (χ2v) is 8.62. The predicted molar refractivity (Wildman–Crippen MR) is 105 cm³/mol. The van der Waals surface area contributed by atoms with Crippen LogP contribution in [0.1, 0.15) is 21.6 Å². The van der Waals surface area contributed by atoms with Crippen LogP contribution in [0.5, 0.6) is 0 Å². The van der Waals surface area contributed by atoms with Gasteiger partial charge in [-0.15, -0.1) is 0 Å². The number of rotatable bonds is 3. The molecule has 3 heterocycles. The van der Waals surface area contributed by atoms with Gasteiger partial charge in [-0.1, -0.05) is 23.2 Å². The molecule has 12 heteroatoms. The topological polar surface area (TPSA) is 78.7 Å². The molecule has 2 fully saturated rings. The van der Waals surface area contributed by atoms with E-state index in [0.717, 1.165) is 5.56 Å². The van der Waals surface area contributed by atoms with E-state index in [0.29, 0.717) is 53.6 Å². The smallest absolute Gasteiger partial charge is 0.420 e. The van der Waals surface area contributed by atoms with Crippen LogP contribution in [0.2, 0.25) is 10.0 Å². The highest BCUT2D eigenvalue weighted by molar-refractivity contribution is 6.33. The number of carbonyl (C=O) groups is 2. The molecule has 2 unspecified atom stereocenters. The van der Waals surface area contributed by atoms with E-state index in [1.807, 2.05) is 6.07 Å². The van der Waals surface area contributed by atoms with Gasteiger partial charge in [0, 0.05) is 49.0 Å². The third kappa shape index (κ3) is 4.37. The number of aromatic carboxylic acids is 1. The minimum Gasteiger partial charge on any atom is -0.476 e. The minimum absolute atomic E-state index is 0.151. The van der Waals surface area contributed by atoms with Gasteiger partial charge in [0.05, 0.1) is 0 Å². The molecule has 0 saturated carbocycles. The van der Waals surface area contributed by atoms with Crippen molar-refractivity contribution in [1.29, 1.82) is 0 Å². The Morgan fingerprint density at radius 1 is 1.13 bits per heavy atom. The van der Waals surface area contributed by atoms with Gasteiger partial charge in [-0.2, -0.15) is 23.0 Å². The molecule has 2 aromatic rings. The van der Waals surface area contributed by atoms with Gasteiger partial charge in [-0.3, -0.25) is 4.90 Å². The van der Waals surface area contributed by atoms with Gasteiger partial charge in [0.2, 0.25) is 0 Å². The van der Waals surface area contributed by atoms with E-state index < -0.39 is 29.4 Å². The summed E-state index contributed by atoms with van der Waals surface area (Å²) in [5.41, 5.74) is -1.73. The summed E-state index contributed by atoms with van der Waals surface area (Å²) >= 11 is 12.3. The second-order valence-electron chi connectivity index (χ2n) is 7.78. The van der Waals surface area contributed by atoms with Crippen LogP contribution in [0.4, 0.5) is 18.0 Å². The lowest BCUT2D eigenvalue weighted by atomic mass is 10.0. The van der Waals surface area contributed by atoms with Gasteiger partial charge in [0.15, 0.2) is 5.69 Å². The third-order valence-electron chi connectivity index (χ3n) is 5.65. The van der Waals surface area contributed by atoms with Crippen molar-refractivity contribution in [1.82, 2.24) is 19.6 Å². The summed E-state index contributed by atoms with van der Waals surface area (Å²) in [5, 5.41) is 13.6. The maximum atomic E-state index is 13.1. The number of hydrogen-bond acceptors (Lipinski definition) is 4. The molecule has 0 radical (unpaired) electrons. The van der Waals surface area contributed by atoms with E-state index in [9.17, 15) is 22.8 Å². The summed E-state index contributed by atoms with van der Waals surface area (Å²) in [4.78, 5) is 27.4. The Morgan fingerprint density at radius 3 is 2.32 bits per heavy atom. The van der Waals surface area contributed by atoms with Gasteiger partial charge < -0.3 is 10.0 Å². The lowest BCUT2D eigenvalue weighted by Gasteiger charge is -2.22. The van der Waals surface area contributed by atoms with Crippen molar-refractivity contribution in [3.8, 4) is 0 Å². The van der Waals surface area contributed by atoms with Crippen molar-refractivity contribution in [2.24, 2.45) is 11.8 Å². The second kappa shape index (κ2) is 7.99. The van der Waals surface area contributed by atoms with Crippen molar-refractivity contribution in [2.75, 3.05) is 26.2 Å². The lowest BCUT2D eigenvalue weighted by Crippen LogP contribution is -2.36. The molecule has 1 amide bonds. The Bertz CT molecular complexity index is 1030. The standard InChI is InChI=1S/C19H17Cl2F3N4O3/c20-13-1-2-15(21)10(3-13)4-26-5-11-7-27(8-12(11)6-26)18(31)28-9-14(19(22,23)24)16(25-28)17(29)30/h1-3,9,11-12H,4-8H2,(H,29,30). The highest BCUT2D eigenvalue weighted by atomic mass is 35.5. The molecule has 0 bridgehead atoms. The van der Waals surface area contributed by atoms with Crippen molar-refractivity contribution in [3.05, 3.63) is 51.3 Å². The summed E-state index contributed by atoms with van der Waals surface area (Å²) in [5.74, 6) is -1.54. The Kier molecular flexibility index (Phi) is 5.65. The first-order valence-corrected chi connectivity index (χ1v) is 10.1. The van der Waals surface area contributed by atoms with Crippen LogP contribution in [0, 0.1) is 11.8 Å². The van der Waals surface area contributed by atoms with Crippen LogP contribution in [0.15, 0.2) is 24.4 Å². The van der Waals surface area contributed by atoms with Crippen LogP contribution in [-0.4, -0.2) is 62.9 Å². The molecule has 1 aromatic carbocycles. The van der Waals surface area contributed by atoms with Crippen LogP contribution < -0.4 is 0 Å². The first-order chi connectivity index (χ1) is 14.5. The number of likely N-dealkylation sites (tertiary alicyclic amines) is 2. The van der Waals surface area contributed by atoms with Crippen LogP contribution >= 0.6 is 23.2 Å². The number of carboxylic acids is 1. The van der Waals surface area contributed by atoms with E-state index in [2.05, 4.69) is 10.00 Å². The number of carbonyl (C=O) groups excluding carboxylic acids is 1. The Morgan fingerprint density at radius 2 is 1.77 bits per heavy atom. The van der Waals surface area contributed by atoms with E-state index in [1.165, 1.54) is 4.90 Å². The summed E-state index contributed by atoms with van der Waals surface area (Å²) in [6.45, 7) is 2.71. The van der Waals surface area contributed by atoms with Crippen molar-refractivity contribution in [2.45, 2.75) is 12.7 Å². The van der Waals surface area contributed by atoms with E-state index in [-0.39, 0.29) is 11.8 Å². The molecule has 0 spiro atoms. The number of alkyl halides is 3. The molecule has 2 aliphatic rings.